The largest absolute Gasteiger partial charge is 0.491 e. The smallest absolute Gasteiger partial charge is 0.191 e. The lowest BCUT2D eigenvalue weighted by Gasteiger charge is -2.11. The molecule has 118 valence electrons. The third-order valence-electron chi connectivity index (χ3n) is 2.66. The molecule has 0 aliphatic heterocycles. The van der Waals surface area contributed by atoms with Gasteiger partial charge in [0.15, 0.2) is 17.5 Å². The molecule has 5 nitrogen and oxygen atoms in total. The zero-order chi connectivity index (χ0) is 15.5. The average Bonchev–Trinajstić information content (AvgIpc) is 2.47. The van der Waals surface area contributed by atoms with E-state index in [2.05, 4.69) is 15.6 Å². The van der Waals surface area contributed by atoms with Crippen molar-refractivity contribution in [1.82, 2.24) is 10.6 Å². The molecule has 0 fully saturated rings. The van der Waals surface area contributed by atoms with Crippen molar-refractivity contribution in [2.75, 3.05) is 33.4 Å². The number of guanidine groups is 1. The van der Waals surface area contributed by atoms with Crippen LogP contribution in [0.2, 0.25) is 0 Å². The summed E-state index contributed by atoms with van der Waals surface area (Å²) >= 11 is 0. The SMILES string of the molecule is CCNC(=NCc1ccc(OCC)c(F)c1)NCCOC. The lowest BCUT2D eigenvalue weighted by atomic mass is 10.2. The van der Waals surface area contributed by atoms with Gasteiger partial charge in [-0.1, -0.05) is 6.07 Å². The molecular weight excluding hydrogens is 273 g/mol. The van der Waals surface area contributed by atoms with Gasteiger partial charge in [0.25, 0.3) is 0 Å². The molecule has 0 bridgehead atoms. The number of nitrogens with zero attached hydrogens (tertiary/aromatic N) is 1. The lowest BCUT2D eigenvalue weighted by molar-refractivity contribution is 0.203. The maximum absolute atomic E-state index is 13.7. The third-order valence-corrected chi connectivity index (χ3v) is 2.66. The van der Waals surface area contributed by atoms with Crippen molar-refractivity contribution in [2.45, 2.75) is 20.4 Å². The Morgan fingerprint density at radius 3 is 2.71 bits per heavy atom. The number of nitrogens with one attached hydrogen (secondary N) is 2. The topological polar surface area (TPSA) is 54.9 Å². The van der Waals surface area contributed by atoms with Crippen LogP contribution in [0, 0.1) is 5.82 Å². The molecule has 0 aromatic heterocycles. The van der Waals surface area contributed by atoms with Gasteiger partial charge in [-0.3, -0.25) is 0 Å². The van der Waals surface area contributed by atoms with E-state index < -0.39 is 0 Å². The molecule has 0 saturated carbocycles. The van der Waals surface area contributed by atoms with Gasteiger partial charge in [0.05, 0.1) is 19.8 Å². The minimum Gasteiger partial charge on any atom is -0.491 e. The average molecular weight is 297 g/mol. The first-order valence-corrected chi connectivity index (χ1v) is 7.13. The predicted octanol–water partition coefficient (Wildman–Crippen LogP) is 1.93. The quantitative estimate of drug-likeness (QED) is 0.437. The van der Waals surface area contributed by atoms with Crippen molar-refractivity contribution in [1.29, 1.82) is 0 Å². The molecule has 0 atom stereocenters. The molecule has 1 aromatic rings. The first-order chi connectivity index (χ1) is 10.2. The molecule has 0 aliphatic rings. The summed E-state index contributed by atoms with van der Waals surface area (Å²) in [5, 5.41) is 6.26. The summed E-state index contributed by atoms with van der Waals surface area (Å²) < 4.78 is 23.9. The van der Waals surface area contributed by atoms with Gasteiger partial charge in [0.1, 0.15) is 0 Å². The highest BCUT2D eigenvalue weighted by Gasteiger charge is 2.04. The van der Waals surface area contributed by atoms with Crippen molar-refractivity contribution >= 4 is 5.96 Å². The molecule has 0 saturated heterocycles. The molecular formula is C15H24FN3O2. The van der Waals surface area contributed by atoms with E-state index in [1.807, 2.05) is 19.9 Å². The van der Waals surface area contributed by atoms with Gasteiger partial charge in [0.2, 0.25) is 0 Å². The van der Waals surface area contributed by atoms with Gasteiger partial charge in [-0.15, -0.1) is 0 Å². The van der Waals surface area contributed by atoms with Gasteiger partial charge >= 0.3 is 0 Å². The van der Waals surface area contributed by atoms with Gasteiger partial charge in [-0.05, 0) is 31.5 Å². The molecule has 2 N–H and O–H groups in total. The second-order valence-corrected chi connectivity index (χ2v) is 4.31. The van der Waals surface area contributed by atoms with E-state index >= 15 is 0 Å². The van der Waals surface area contributed by atoms with Crippen molar-refractivity contribution in [2.24, 2.45) is 4.99 Å². The minimum atomic E-state index is -0.359. The molecule has 0 aliphatic carbocycles. The number of rotatable bonds is 8. The molecule has 0 spiro atoms. The highest BCUT2D eigenvalue weighted by atomic mass is 19.1. The molecule has 0 amide bonds. The van der Waals surface area contributed by atoms with E-state index in [0.717, 1.165) is 12.1 Å². The Kier molecular flexibility index (Phi) is 8.19. The highest BCUT2D eigenvalue weighted by molar-refractivity contribution is 5.79. The Morgan fingerprint density at radius 2 is 2.10 bits per heavy atom. The zero-order valence-corrected chi connectivity index (χ0v) is 12.9. The number of aliphatic imine (C=N–C) groups is 1. The van der Waals surface area contributed by atoms with Crippen molar-refractivity contribution in [3.05, 3.63) is 29.6 Å². The summed E-state index contributed by atoms with van der Waals surface area (Å²) in [6.07, 6.45) is 0. The standard InChI is InChI=1S/C15H24FN3O2/c1-4-17-15(18-8-9-20-3)19-11-12-6-7-14(21-5-2)13(16)10-12/h6-7,10H,4-5,8-9,11H2,1-3H3,(H2,17,18,19). The number of methoxy groups -OCH3 is 1. The van der Waals surface area contributed by atoms with Crippen LogP contribution in [0.25, 0.3) is 0 Å². The Hall–Kier alpha value is -1.82. The molecule has 0 unspecified atom stereocenters. The van der Waals surface area contributed by atoms with E-state index in [0.29, 0.717) is 32.3 Å². The van der Waals surface area contributed by atoms with Crippen LogP contribution in [0.1, 0.15) is 19.4 Å². The van der Waals surface area contributed by atoms with Crippen LogP contribution >= 0.6 is 0 Å². The number of benzene rings is 1. The van der Waals surface area contributed by atoms with Gasteiger partial charge in [-0.25, -0.2) is 9.38 Å². The second kappa shape index (κ2) is 9.99. The maximum Gasteiger partial charge on any atom is 0.191 e. The fourth-order valence-electron chi connectivity index (χ4n) is 1.70. The highest BCUT2D eigenvalue weighted by Crippen LogP contribution is 2.18. The second-order valence-electron chi connectivity index (χ2n) is 4.31. The summed E-state index contributed by atoms with van der Waals surface area (Å²) in [6, 6.07) is 4.90. The lowest BCUT2D eigenvalue weighted by Crippen LogP contribution is -2.38. The van der Waals surface area contributed by atoms with Crippen LogP contribution in [0.4, 0.5) is 4.39 Å². The van der Waals surface area contributed by atoms with Crippen molar-refractivity contribution in [3.8, 4) is 5.75 Å². The fourth-order valence-corrected chi connectivity index (χ4v) is 1.70. The number of ether oxygens (including phenoxy) is 2. The summed E-state index contributed by atoms with van der Waals surface area (Å²) in [7, 11) is 1.65. The predicted molar refractivity (Wildman–Crippen MR) is 82.3 cm³/mol. The molecule has 1 aromatic carbocycles. The van der Waals surface area contributed by atoms with E-state index in [1.165, 1.54) is 6.07 Å². The monoisotopic (exact) mass is 297 g/mol. The van der Waals surface area contributed by atoms with Gasteiger partial charge in [-0.2, -0.15) is 0 Å². The fraction of sp³-hybridized carbons (Fsp3) is 0.533. The maximum atomic E-state index is 13.7. The molecule has 0 radical (unpaired) electrons. The van der Waals surface area contributed by atoms with Crippen LogP contribution in [0.5, 0.6) is 5.75 Å². The molecule has 0 heterocycles. The zero-order valence-electron chi connectivity index (χ0n) is 12.9. The first kappa shape index (κ1) is 17.2. The minimum absolute atomic E-state index is 0.273. The Morgan fingerprint density at radius 1 is 1.29 bits per heavy atom. The summed E-state index contributed by atoms with van der Waals surface area (Å²) in [6.45, 7) is 6.68. The van der Waals surface area contributed by atoms with Gasteiger partial charge in [0, 0.05) is 20.2 Å². The van der Waals surface area contributed by atoms with Crippen LogP contribution in [-0.2, 0) is 11.3 Å². The summed E-state index contributed by atoms with van der Waals surface area (Å²) in [4.78, 5) is 4.40. The first-order valence-electron chi connectivity index (χ1n) is 7.13. The summed E-state index contributed by atoms with van der Waals surface area (Å²) in [5.74, 6) is 0.598. The Balaban J connectivity index is 2.64. The van der Waals surface area contributed by atoms with Crippen LogP contribution in [-0.4, -0.2) is 39.4 Å². The van der Waals surface area contributed by atoms with E-state index in [9.17, 15) is 4.39 Å². The molecule has 21 heavy (non-hydrogen) atoms. The van der Waals surface area contributed by atoms with Gasteiger partial charge < -0.3 is 20.1 Å². The Labute approximate surface area is 125 Å². The van der Waals surface area contributed by atoms with Crippen LogP contribution in [0.15, 0.2) is 23.2 Å². The third kappa shape index (κ3) is 6.44. The van der Waals surface area contributed by atoms with Crippen molar-refractivity contribution < 1.29 is 13.9 Å². The van der Waals surface area contributed by atoms with Crippen molar-refractivity contribution in [3.63, 3.8) is 0 Å². The van der Waals surface area contributed by atoms with E-state index in [4.69, 9.17) is 9.47 Å². The van der Waals surface area contributed by atoms with E-state index in [1.54, 1.807) is 13.2 Å². The van der Waals surface area contributed by atoms with Crippen LogP contribution in [0.3, 0.4) is 0 Å². The van der Waals surface area contributed by atoms with E-state index in [-0.39, 0.29) is 11.6 Å². The number of hydrogen-bond acceptors (Lipinski definition) is 3. The molecule has 1 rings (SSSR count). The van der Waals surface area contributed by atoms with Crippen LogP contribution < -0.4 is 15.4 Å². The Bertz CT molecular complexity index is 453. The normalized spacial score (nSPS) is 11.3. The molecule has 6 heteroatoms. The number of halogens is 1. The summed E-state index contributed by atoms with van der Waals surface area (Å²) in [5.41, 5.74) is 0.792. The number of hydrogen-bond donors (Lipinski definition) is 2.